The Hall–Kier alpha value is -2.62. The van der Waals surface area contributed by atoms with Crippen LogP contribution in [0, 0.1) is 0 Å². The number of carbonyl (C=O) groups is 2. The third kappa shape index (κ3) is 3.65. The number of rotatable bonds is 4. The number of aliphatic carboxylic acids is 1. The highest BCUT2D eigenvalue weighted by atomic mass is 16.4. The molecule has 24 heavy (non-hydrogen) atoms. The maximum Gasteiger partial charge on any atom is 0.311 e. The average Bonchev–Trinajstić information content (AvgIpc) is 2.82. The Balaban J connectivity index is 1.75. The minimum atomic E-state index is -0.954. The zero-order chi connectivity index (χ0) is 16.9. The molecular weight excluding hydrogens is 302 g/mol. The van der Waals surface area contributed by atoms with Gasteiger partial charge in [0.15, 0.2) is 0 Å². The number of aryl methyl sites for hydroxylation is 1. The first-order valence-electron chi connectivity index (χ1n) is 8.27. The average molecular weight is 323 g/mol. The smallest absolute Gasteiger partial charge is 0.311 e. The fraction of sp³-hybridized carbons (Fsp3) is 0.300. The fourth-order valence-corrected chi connectivity index (χ4v) is 3.25. The molecule has 124 valence electrons. The number of carboxylic acids is 1. The van der Waals surface area contributed by atoms with Crippen LogP contribution in [-0.4, -0.2) is 28.4 Å². The Morgan fingerprint density at radius 3 is 2.38 bits per heavy atom. The van der Waals surface area contributed by atoms with Gasteiger partial charge in [-0.3, -0.25) is 9.59 Å². The second-order valence-corrected chi connectivity index (χ2v) is 6.19. The van der Waals surface area contributed by atoms with Gasteiger partial charge in [0, 0.05) is 19.5 Å². The van der Waals surface area contributed by atoms with Crippen molar-refractivity contribution in [1.29, 1.82) is 0 Å². The number of carboxylic acid groups (broad SMARTS) is 1. The summed E-state index contributed by atoms with van der Waals surface area (Å²) in [6, 6.07) is 17.1. The summed E-state index contributed by atoms with van der Waals surface area (Å²) in [4.78, 5) is 26.1. The molecule has 1 N–H and O–H groups in total. The Kier molecular flexibility index (Phi) is 4.94. The number of benzene rings is 2. The highest BCUT2D eigenvalue weighted by Crippen LogP contribution is 2.24. The van der Waals surface area contributed by atoms with E-state index in [1.54, 1.807) is 29.2 Å². The SMILES string of the molecule is O=C(O)C(CC(=O)N1CCCc2ccccc2C1)c1ccccc1. The van der Waals surface area contributed by atoms with Crippen molar-refractivity contribution in [3.05, 3.63) is 71.3 Å². The van der Waals surface area contributed by atoms with Crippen LogP contribution in [-0.2, 0) is 22.6 Å². The van der Waals surface area contributed by atoms with E-state index in [1.807, 2.05) is 24.3 Å². The van der Waals surface area contributed by atoms with Crippen molar-refractivity contribution >= 4 is 11.9 Å². The zero-order valence-corrected chi connectivity index (χ0v) is 13.5. The minimum absolute atomic E-state index is 0.00150. The van der Waals surface area contributed by atoms with Gasteiger partial charge in [0.2, 0.25) is 5.91 Å². The van der Waals surface area contributed by atoms with Crippen molar-refractivity contribution in [3.63, 3.8) is 0 Å². The highest BCUT2D eigenvalue weighted by molar-refractivity contribution is 5.85. The van der Waals surface area contributed by atoms with E-state index in [4.69, 9.17) is 0 Å². The largest absolute Gasteiger partial charge is 0.481 e. The van der Waals surface area contributed by atoms with Crippen LogP contribution in [0.4, 0.5) is 0 Å². The summed E-state index contributed by atoms with van der Waals surface area (Å²) in [7, 11) is 0. The Labute approximate surface area is 141 Å². The summed E-state index contributed by atoms with van der Waals surface area (Å²) < 4.78 is 0. The van der Waals surface area contributed by atoms with Gasteiger partial charge in [-0.15, -0.1) is 0 Å². The molecule has 1 aliphatic heterocycles. The molecule has 0 aliphatic carbocycles. The first-order chi connectivity index (χ1) is 11.6. The topological polar surface area (TPSA) is 57.6 Å². The molecule has 1 amide bonds. The zero-order valence-electron chi connectivity index (χ0n) is 13.5. The van der Waals surface area contributed by atoms with Gasteiger partial charge in [-0.1, -0.05) is 54.6 Å². The first-order valence-corrected chi connectivity index (χ1v) is 8.27. The molecule has 0 aromatic heterocycles. The second kappa shape index (κ2) is 7.30. The molecule has 0 fully saturated rings. The first kappa shape index (κ1) is 16.2. The van der Waals surface area contributed by atoms with Crippen LogP contribution < -0.4 is 0 Å². The van der Waals surface area contributed by atoms with Crippen LogP contribution in [0.1, 0.15) is 35.4 Å². The monoisotopic (exact) mass is 323 g/mol. The van der Waals surface area contributed by atoms with Crippen LogP contribution in [0.25, 0.3) is 0 Å². The van der Waals surface area contributed by atoms with Gasteiger partial charge >= 0.3 is 5.97 Å². The summed E-state index contributed by atoms with van der Waals surface area (Å²) in [6.45, 7) is 1.24. The number of hydrogen-bond acceptors (Lipinski definition) is 2. The Morgan fingerprint density at radius 1 is 1.00 bits per heavy atom. The number of nitrogens with zero attached hydrogens (tertiary/aromatic N) is 1. The third-order valence-electron chi connectivity index (χ3n) is 4.59. The lowest BCUT2D eigenvalue weighted by Crippen LogP contribution is -2.33. The Morgan fingerprint density at radius 2 is 1.67 bits per heavy atom. The van der Waals surface area contributed by atoms with Gasteiger partial charge < -0.3 is 10.0 Å². The number of hydrogen-bond donors (Lipinski definition) is 1. The lowest BCUT2D eigenvalue weighted by Gasteiger charge is -2.23. The molecule has 0 radical (unpaired) electrons. The summed E-state index contributed by atoms with van der Waals surface area (Å²) in [5.41, 5.74) is 3.12. The van der Waals surface area contributed by atoms with E-state index >= 15 is 0 Å². The van der Waals surface area contributed by atoms with Gasteiger partial charge in [0.25, 0.3) is 0 Å². The van der Waals surface area contributed by atoms with Crippen molar-refractivity contribution in [2.45, 2.75) is 31.7 Å². The third-order valence-corrected chi connectivity index (χ3v) is 4.59. The molecule has 1 atom stereocenters. The molecular formula is C20H21NO3. The molecule has 1 unspecified atom stereocenters. The number of carbonyl (C=O) groups excluding carboxylic acids is 1. The molecule has 1 heterocycles. The molecule has 2 aromatic carbocycles. The normalized spacial score (nSPS) is 15.2. The maximum atomic E-state index is 12.7. The lowest BCUT2D eigenvalue weighted by atomic mass is 9.95. The van der Waals surface area contributed by atoms with E-state index in [-0.39, 0.29) is 12.3 Å². The van der Waals surface area contributed by atoms with Gasteiger partial charge in [0.1, 0.15) is 0 Å². The summed E-state index contributed by atoms with van der Waals surface area (Å²) >= 11 is 0. The summed E-state index contributed by atoms with van der Waals surface area (Å²) in [5.74, 6) is -1.84. The fourth-order valence-electron chi connectivity index (χ4n) is 3.25. The summed E-state index contributed by atoms with van der Waals surface area (Å²) in [5, 5.41) is 9.52. The van der Waals surface area contributed by atoms with Crippen molar-refractivity contribution in [2.75, 3.05) is 6.54 Å². The van der Waals surface area contributed by atoms with Crippen LogP contribution in [0.2, 0.25) is 0 Å². The minimum Gasteiger partial charge on any atom is -0.481 e. The molecule has 2 aromatic rings. The second-order valence-electron chi connectivity index (χ2n) is 6.19. The van der Waals surface area contributed by atoms with E-state index in [0.29, 0.717) is 18.7 Å². The molecule has 0 bridgehead atoms. The lowest BCUT2D eigenvalue weighted by molar-refractivity contribution is -0.143. The molecule has 0 saturated carbocycles. The van der Waals surface area contributed by atoms with Crippen LogP contribution >= 0.6 is 0 Å². The summed E-state index contributed by atoms with van der Waals surface area (Å²) in [6.07, 6.45) is 1.87. The van der Waals surface area contributed by atoms with Gasteiger partial charge in [-0.2, -0.15) is 0 Å². The molecule has 0 spiro atoms. The standard InChI is InChI=1S/C20H21NO3/c22-19(13-18(20(23)24)16-8-2-1-3-9-16)21-12-6-11-15-7-4-5-10-17(15)14-21/h1-5,7-10,18H,6,11-14H2,(H,23,24). The van der Waals surface area contributed by atoms with E-state index in [9.17, 15) is 14.7 Å². The molecule has 4 heteroatoms. The van der Waals surface area contributed by atoms with Gasteiger partial charge in [-0.25, -0.2) is 0 Å². The molecule has 4 nitrogen and oxygen atoms in total. The predicted octanol–water partition coefficient (Wildman–Crippen LogP) is 3.22. The highest BCUT2D eigenvalue weighted by Gasteiger charge is 2.27. The van der Waals surface area contributed by atoms with Crippen LogP contribution in [0.15, 0.2) is 54.6 Å². The van der Waals surface area contributed by atoms with E-state index in [0.717, 1.165) is 18.4 Å². The van der Waals surface area contributed by atoms with Crippen LogP contribution in [0.5, 0.6) is 0 Å². The molecule has 1 aliphatic rings. The molecule has 0 saturated heterocycles. The van der Waals surface area contributed by atoms with E-state index < -0.39 is 11.9 Å². The Bertz CT molecular complexity index is 727. The van der Waals surface area contributed by atoms with Crippen molar-refractivity contribution < 1.29 is 14.7 Å². The number of fused-ring (bicyclic) bond motifs is 1. The predicted molar refractivity (Wildman–Crippen MR) is 91.6 cm³/mol. The van der Waals surface area contributed by atoms with Gasteiger partial charge in [-0.05, 0) is 29.5 Å². The molecule has 3 rings (SSSR count). The quantitative estimate of drug-likeness (QED) is 0.940. The van der Waals surface area contributed by atoms with Crippen molar-refractivity contribution in [3.8, 4) is 0 Å². The van der Waals surface area contributed by atoms with Crippen molar-refractivity contribution in [2.24, 2.45) is 0 Å². The van der Waals surface area contributed by atoms with Gasteiger partial charge in [0.05, 0.1) is 5.92 Å². The number of amides is 1. The maximum absolute atomic E-state index is 12.7. The van der Waals surface area contributed by atoms with E-state index in [2.05, 4.69) is 6.07 Å². The van der Waals surface area contributed by atoms with E-state index in [1.165, 1.54) is 5.56 Å². The van der Waals surface area contributed by atoms with Crippen LogP contribution in [0.3, 0.4) is 0 Å². The van der Waals surface area contributed by atoms with Crippen molar-refractivity contribution in [1.82, 2.24) is 4.90 Å².